The summed E-state index contributed by atoms with van der Waals surface area (Å²) < 4.78 is 3.49. The van der Waals surface area contributed by atoms with E-state index in [0.717, 1.165) is 23.6 Å². The Balaban J connectivity index is 2.09. The molecule has 0 amide bonds. The number of nitrogens with zero attached hydrogens (tertiary/aromatic N) is 5. The van der Waals surface area contributed by atoms with Crippen molar-refractivity contribution < 1.29 is 0 Å². The van der Waals surface area contributed by atoms with E-state index in [1.807, 2.05) is 37.3 Å². The van der Waals surface area contributed by atoms with E-state index in [0.29, 0.717) is 5.82 Å². The Morgan fingerprint density at radius 1 is 1.16 bits per heavy atom. The van der Waals surface area contributed by atoms with Gasteiger partial charge < -0.3 is 5.73 Å². The Labute approximate surface area is 110 Å². The molecule has 96 valence electrons. The smallest absolute Gasteiger partial charge is 0.163 e. The van der Waals surface area contributed by atoms with Gasteiger partial charge in [-0.3, -0.25) is 0 Å². The summed E-state index contributed by atoms with van der Waals surface area (Å²) in [4.78, 5) is 4.24. The summed E-state index contributed by atoms with van der Waals surface area (Å²) in [6.07, 6.45) is 3.25. The van der Waals surface area contributed by atoms with Crippen LogP contribution in [0.2, 0.25) is 0 Å². The highest BCUT2D eigenvalue weighted by atomic mass is 15.3. The molecule has 0 spiro atoms. The second-order valence-corrected chi connectivity index (χ2v) is 4.09. The molecule has 2 heterocycles. The van der Waals surface area contributed by atoms with E-state index in [9.17, 15) is 0 Å². The van der Waals surface area contributed by atoms with Crippen molar-refractivity contribution in [2.24, 2.45) is 0 Å². The van der Waals surface area contributed by atoms with Gasteiger partial charge in [-0.2, -0.15) is 10.2 Å². The molecule has 2 N–H and O–H groups in total. The first kappa shape index (κ1) is 11.5. The lowest BCUT2D eigenvalue weighted by molar-refractivity contribution is 0.666. The van der Waals surface area contributed by atoms with Crippen LogP contribution >= 0.6 is 0 Å². The van der Waals surface area contributed by atoms with Crippen LogP contribution in [0.15, 0.2) is 42.9 Å². The van der Waals surface area contributed by atoms with E-state index in [1.165, 1.54) is 6.33 Å². The molecule has 0 atom stereocenters. The van der Waals surface area contributed by atoms with Gasteiger partial charge in [0.15, 0.2) is 5.82 Å². The quantitative estimate of drug-likeness (QED) is 0.772. The van der Waals surface area contributed by atoms with Crippen LogP contribution < -0.4 is 5.73 Å². The molecule has 0 aliphatic carbocycles. The number of rotatable bonds is 3. The van der Waals surface area contributed by atoms with E-state index in [4.69, 9.17) is 5.73 Å². The maximum Gasteiger partial charge on any atom is 0.163 e. The van der Waals surface area contributed by atoms with Gasteiger partial charge in [0.2, 0.25) is 0 Å². The second kappa shape index (κ2) is 4.56. The molecule has 0 radical (unpaired) electrons. The molecular formula is C13H14N6. The molecule has 3 rings (SSSR count). The Kier molecular flexibility index (Phi) is 2.75. The number of aryl methyl sites for hydroxylation is 1. The third-order valence-corrected chi connectivity index (χ3v) is 2.96. The van der Waals surface area contributed by atoms with E-state index >= 15 is 0 Å². The Hall–Kier alpha value is -2.63. The fraction of sp³-hybridized carbons (Fsp3) is 0.154. The third-order valence-electron chi connectivity index (χ3n) is 2.96. The van der Waals surface area contributed by atoms with Crippen LogP contribution in [0.25, 0.3) is 17.1 Å². The largest absolute Gasteiger partial charge is 0.383 e. The highest BCUT2D eigenvalue weighted by molar-refractivity contribution is 5.69. The molecule has 6 nitrogen and oxygen atoms in total. The minimum absolute atomic E-state index is 0.564. The minimum atomic E-state index is 0.564. The standard InChI is InChI=1S/C13H14N6/c1-2-18-13(15-9-17-18)11-8-16-19(12(11)14)10-6-4-3-5-7-10/h3-9H,2,14H2,1H3. The van der Waals surface area contributed by atoms with E-state index < -0.39 is 0 Å². The molecular weight excluding hydrogens is 240 g/mol. The Morgan fingerprint density at radius 2 is 1.95 bits per heavy atom. The highest BCUT2D eigenvalue weighted by Gasteiger charge is 2.15. The van der Waals surface area contributed by atoms with Crippen LogP contribution in [0.4, 0.5) is 5.82 Å². The van der Waals surface area contributed by atoms with Crippen LogP contribution in [0.1, 0.15) is 6.92 Å². The lowest BCUT2D eigenvalue weighted by atomic mass is 10.3. The van der Waals surface area contributed by atoms with Crippen molar-refractivity contribution in [3.05, 3.63) is 42.9 Å². The van der Waals surface area contributed by atoms with Gasteiger partial charge in [0.05, 0.1) is 17.4 Å². The summed E-state index contributed by atoms with van der Waals surface area (Å²) in [7, 11) is 0. The summed E-state index contributed by atoms with van der Waals surface area (Å²) in [5, 5.41) is 8.48. The van der Waals surface area contributed by atoms with Crippen molar-refractivity contribution >= 4 is 5.82 Å². The SMILES string of the molecule is CCn1ncnc1-c1cnn(-c2ccccc2)c1N. The summed E-state index contributed by atoms with van der Waals surface area (Å²) in [6, 6.07) is 9.77. The molecule has 6 heteroatoms. The van der Waals surface area contributed by atoms with Gasteiger partial charge in [-0.05, 0) is 19.1 Å². The summed E-state index contributed by atoms with van der Waals surface area (Å²) in [5.41, 5.74) is 7.89. The van der Waals surface area contributed by atoms with E-state index in [2.05, 4.69) is 15.2 Å². The van der Waals surface area contributed by atoms with Gasteiger partial charge in [0.25, 0.3) is 0 Å². The molecule has 0 aliphatic heterocycles. The van der Waals surface area contributed by atoms with E-state index in [1.54, 1.807) is 15.6 Å². The van der Waals surface area contributed by atoms with Gasteiger partial charge in [-0.15, -0.1) is 0 Å². The number of benzene rings is 1. The summed E-state index contributed by atoms with van der Waals surface area (Å²) in [6.45, 7) is 2.75. The molecule has 1 aromatic carbocycles. The molecule has 0 bridgehead atoms. The second-order valence-electron chi connectivity index (χ2n) is 4.09. The van der Waals surface area contributed by atoms with Crippen molar-refractivity contribution in [1.82, 2.24) is 24.5 Å². The van der Waals surface area contributed by atoms with Crippen molar-refractivity contribution in [2.75, 3.05) is 5.73 Å². The van der Waals surface area contributed by atoms with Crippen molar-refractivity contribution in [2.45, 2.75) is 13.5 Å². The predicted molar refractivity (Wildman–Crippen MR) is 72.7 cm³/mol. The fourth-order valence-electron chi connectivity index (χ4n) is 2.01. The van der Waals surface area contributed by atoms with Gasteiger partial charge in [0, 0.05) is 6.54 Å². The zero-order valence-corrected chi connectivity index (χ0v) is 10.6. The number of anilines is 1. The average molecular weight is 254 g/mol. The number of nitrogen functional groups attached to an aromatic ring is 1. The molecule has 0 saturated carbocycles. The van der Waals surface area contributed by atoms with Crippen molar-refractivity contribution in [3.8, 4) is 17.1 Å². The van der Waals surface area contributed by atoms with Gasteiger partial charge in [-0.25, -0.2) is 14.3 Å². The maximum absolute atomic E-state index is 6.17. The normalized spacial score (nSPS) is 10.8. The number of aromatic nitrogens is 5. The number of nitrogens with two attached hydrogens (primary N) is 1. The average Bonchev–Trinajstić information content (AvgIpc) is 3.05. The van der Waals surface area contributed by atoms with E-state index in [-0.39, 0.29) is 0 Å². The molecule has 0 saturated heterocycles. The topological polar surface area (TPSA) is 74.5 Å². The monoisotopic (exact) mass is 254 g/mol. The lowest BCUT2D eigenvalue weighted by Crippen LogP contribution is -2.04. The number of hydrogen-bond acceptors (Lipinski definition) is 4. The lowest BCUT2D eigenvalue weighted by Gasteiger charge is -2.05. The predicted octanol–water partition coefficient (Wildman–Crippen LogP) is 1.73. The molecule has 0 aliphatic rings. The number of hydrogen-bond donors (Lipinski definition) is 1. The molecule has 0 fully saturated rings. The van der Waals surface area contributed by atoms with Gasteiger partial charge in [-0.1, -0.05) is 18.2 Å². The Morgan fingerprint density at radius 3 is 2.68 bits per heavy atom. The van der Waals surface area contributed by atoms with Crippen molar-refractivity contribution in [3.63, 3.8) is 0 Å². The first-order chi connectivity index (χ1) is 9.31. The first-order valence-corrected chi connectivity index (χ1v) is 6.08. The Bertz CT molecular complexity index is 682. The van der Waals surface area contributed by atoms with Crippen LogP contribution in [0.5, 0.6) is 0 Å². The zero-order valence-electron chi connectivity index (χ0n) is 10.6. The molecule has 0 unspecified atom stereocenters. The minimum Gasteiger partial charge on any atom is -0.383 e. The zero-order chi connectivity index (χ0) is 13.2. The summed E-state index contributed by atoms with van der Waals surface area (Å²) >= 11 is 0. The maximum atomic E-state index is 6.17. The van der Waals surface area contributed by atoms with Crippen molar-refractivity contribution in [1.29, 1.82) is 0 Å². The molecule has 2 aromatic heterocycles. The van der Waals surface area contributed by atoms with Crippen LogP contribution in [-0.4, -0.2) is 24.5 Å². The number of para-hydroxylation sites is 1. The fourth-order valence-corrected chi connectivity index (χ4v) is 2.01. The van der Waals surface area contributed by atoms with Crippen LogP contribution in [-0.2, 0) is 6.54 Å². The van der Waals surface area contributed by atoms with Gasteiger partial charge in [0.1, 0.15) is 12.1 Å². The first-order valence-electron chi connectivity index (χ1n) is 6.08. The highest BCUT2D eigenvalue weighted by Crippen LogP contribution is 2.25. The van der Waals surface area contributed by atoms with Crippen LogP contribution in [0, 0.1) is 0 Å². The third kappa shape index (κ3) is 1.87. The summed E-state index contributed by atoms with van der Waals surface area (Å²) in [5.74, 6) is 1.30. The van der Waals surface area contributed by atoms with Gasteiger partial charge >= 0.3 is 0 Å². The van der Waals surface area contributed by atoms with Crippen LogP contribution in [0.3, 0.4) is 0 Å². The molecule has 19 heavy (non-hydrogen) atoms. The molecule has 3 aromatic rings.